The average molecular weight is 228 g/mol. The number of nitrogens with zero attached hydrogens (tertiary/aromatic N) is 2. The molecule has 1 heterocycles. The van der Waals surface area contributed by atoms with Gasteiger partial charge in [-0.1, -0.05) is 25.1 Å². The monoisotopic (exact) mass is 228 g/mol. The van der Waals surface area contributed by atoms with Crippen molar-refractivity contribution in [2.45, 2.75) is 13.3 Å². The van der Waals surface area contributed by atoms with Gasteiger partial charge in [0.1, 0.15) is 5.75 Å². The van der Waals surface area contributed by atoms with Crippen molar-refractivity contribution in [3.05, 3.63) is 47.8 Å². The third-order valence-corrected chi connectivity index (χ3v) is 2.34. The maximum Gasteiger partial charge on any atom is 0.321 e. The number of aldehydes is 1. The third-order valence-electron chi connectivity index (χ3n) is 2.34. The van der Waals surface area contributed by atoms with E-state index in [1.54, 1.807) is 0 Å². The van der Waals surface area contributed by atoms with Crippen LogP contribution in [0.4, 0.5) is 0 Å². The van der Waals surface area contributed by atoms with Gasteiger partial charge in [-0.15, -0.1) is 0 Å². The van der Waals surface area contributed by atoms with Crippen molar-refractivity contribution in [1.82, 2.24) is 9.97 Å². The lowest BCUT2D eigenvalue weighted by Crippen LogP contribution is -1.95. The standard InChI is InChI=1S/C13H12N2O2/c1-2-11-5-3-4-6-12(11)17-13-14-7-10(9-16)8-15-13/h3-9H,2H2,1H3. The smallest absolute Gasteiger partial charge is 0.321 e. The lowest BCUT2D eigenvalue weighted by molar-refractivity contribution is 0.112. The summed E-state index contributed by atoms with van der Waals surface area (Å²) in [4.78, 5) is 18.4. The predicted octanol–water partition coefficient (Wildman–Crippen LogP) is 2.64. The summed E-state index contributed by atoms with van der Waals surface area (Å²) in [6.07, 6.45) is 4.44. The van der Waals surface area contributed by atoms with E-state index in [0.29, 0.717) is 11.8 Å². The molecule has 4 nitrogen and oxygen atoms in total. The van der Waals surface area contributed by atoms with Crippen LogP contribution in [-0.4, -0.2) is 16.3 Å². The second-order valence-electron chi connectivity index (χ2n) is 3.48. The zero-order chi connectivity index (χ0) is 12.1. The van der Waals surface area contributed by atoms with Crippen LogP contribution in [0.15, 0.2) is 36.7 Å². The van der Waals surface area contributed by atoms with Crippen LogP contribution in [0.2, 0.25) is 0 Å². The molecule has 1 aromatic carbocycles. The molecule has 0 fully saturated rings. The first-order chi connectivity index (χ1) is 8.33. The van der Waals surface area contributed by atoms with E-state index in [0.717, 1.165) is 17.7 Å². The van der Waals surface area contributed by atoms with Gasteiger partial charge in [0.05, 0.1) is 5.56 Å². The number of ether oxygens (including phenoxy) is 1. The highest BCUT2D eigenvalue weighted by Crippen LogP contribution is 2.22. The first-order valence-electron chi connectivity index (χ1n) is 5.36. The Hall–Kier alpha value is -2.23. The quantitative estimate of drug-likeness (QED) is 0.755. The van der Waals surface area contributed by atoms with Crippen molar-refractivity contribution in [3.63, 3.8) is 0 Å². The molecular weight excluding hydrogens is 216 g/mol. The van der Waals surface area contributed by atoms with Gasteiger partial charge >= 0.3 is 6.01 Å². The van der Waals surface area contributed by atoms with Crippen molar-refractivity contribution in [1.29, 1.82) is 0 Å². The third kappa shape index (κ3) is 2.66. The Morgan fingerprint density at radius 3 is 2.59 bits per heavy atom. The zero-order valence-corrected chi connectivity index (χ0v) is 9.46. The van der Waals surface area contributed by atoms with Crippen LogP contribution < -0.4 is 4.74 Å². The minimum atomic E-state index is 0.247. The Labute approximate surface area is 99.3 Å². The second kappa shape index (κ2) is 5.21. The van der Waals surface area contributed by atoms with Gasteiger partial charge in [-0.05, 0) is 18.1 Å². The number of hydrogen-bond donors (Lipinski definition) is 0. The molecule has 17 heavy (non-hydrogen) atoms. The summed E-state index contributed by atoms with van der Waals surface area (Å²) in [6.45, 7) is 2.05. The molecule has 0 aliphatic heterocycles. The molecule has 4 heteroatoms. The molecule has 0 aliphatic rings. The van der Waals surface area contributed by atoms with Crippen LogP contribution in [0.5, 0.6) is 11.8 Å². The van der Waals surface area contributed by atoms with E-state index in [1.165, 1.54) is 12.4 Å². The van der Waals surface area contributed by atoms with Crippen molar-refractivity contribution in [2.75, 3.05) is 0 Å². The Balaban J connectivity index is 2.21. The molecular formula is C13H12N2O2. The highest BCUT2D eigenvalue weighted by Gasteiger charge is 2.04. The Kier molecular flexibility index (Phi) is 3.45. The lowest BCUT2D eigenvalue weighted by atomic mass is 10.1. The molecule has 0 bridgehead atoms. The summed E-state index contributed by atoms with van der Waals surface area (Å²) in [7, 11) is 0. The van der Waals surface area contributed by atoms with Crippen LogP contribution in [0.25, 0.3) is 0 Å². The summed E-state index contributed by atoms with van der Waals surface area (Å²) in [6, 6.07) is 7.97. The molecule has 1 aromatic heterocycles. The van der Waals surface area contributed by atoms with Gasteiger partial charge < -0.3 is 4.74 Å². The van der Waals surface area contributed by atoms with Crippen molar-refractivity contribution >= 4 is 6.29 Å². The molecule has 0 saturated heterocycles. The molecule has 0 radical (unpaired) electrons. The minimum absolute atomic E-state index is 0.247. The van der Waals surface area contributed by atoms with Crippen LogP contribution in [0, 0.1) is 0 Å². The molecule has 0 atom stereocenters. The Morgan fingerprint density at radius 2 is 1.94 bits per heavy atom. The van der Waals surface area contributed by atoms with Crippen molar-refractivity contribution < 1.29 is 9.53 Å². The maximum absolute atomic E-state index is 10.5. The SMILES string of the molecule is CCc1ccccc1Oc1ncc(C=O)cn1. The molecule has 2 aromatic rings. The molecule has 0 saturated carbocycles. The van der Waals surface area contributed by atoms with E-state index in [2.05, 4.69) is 16.9 Å². The largest absolute Gasteiger partial charge is 0.424 e. The van der Waals surface area contributed by atoms with E-state index in [1.807, 2.05) is 24.3 Å². The van der Waals surface area contributed by atoms with Crippen LogP contribution in [0.1, 0.15) is 22.8 Å². The maximum atomic E-state index is 10.5. The Bertz CT molecular complexity index is 509. The molecule has 0 aliphatic carbocycles. The summed E-state index contributed by atoms with van der Waals surface area (Å²) in [5, 5.41) is 0. The highest BCUT2D eigenvalue weighted by molar-refractivity contribution is 5.73. The lowest BCUT2D eigenvalue weighted by Gasteiger charge is -2.07. The summed E-state index contributed by atoms with van der Waals surface area (Å²) >= 11 is 0. The van der Waals surface area contributed by atoms with E-state index in [4.69, 9.17) is 4.74 Å². The van der Waals surface area contributed by atoms with E-state index >= 15 is 0 Å². The van der Waals surface area contributed by atoms with E-state index in [-0.39, 0.29) is 6.01 Å². The van der Waals surface area contributed by atoms with Gasteiger partial charge in [-0.2, -0.15) is 0 Å². The fourth-order valence-electron chi connectivity index (χ4n) is 1.43. The van der Waals surface area contributed by atoms with Crippen LogP contribution >= 0.6 is 0 Å². The van der Waals surface area contributed by atoms with Gasteiger partial charge in [0, 0.05) is 12.4 Å². The summed E-state index contributed by atoms with van der Waals surface area (Å²) in [5.74, 6) is 0.744. The number of para-hydroxylation sites is 1. The van der Waals surface area contributed by atoms with Gasteiger partial charge in [-0.3, -0.25) is 4.79 Å². The molecule has 0 unspecified atom stereocenters. The predicted molar refractivity (Wildman–Crippen MR) is 63.3 cm³/mol. The number of aryl methyl sites for hydroxylation is 1. The highest BCUT2D eigenvalue weighted by atomic mass is 16.5. The first kappa shape index (κ1) is 11.3. The molecule has 0 amide bonds. The van der Waals surface area contributed by atoms with E-state index < -0.39 is 0 Å². The molecule has 0 N–H and O–H groups in total. The molecule has 0 spiro atoms. The minimum Gasteiger partial charge on any atom is -0.424 e. The number of carbonyl (C=O) groups is 1. The number of aromatic nitrogens is 2. The Morgan fingerprint density at radius 1 is 1.24 bits per heavy atom. The zero-order valence-electron chi connectivity index (χ0n) is 9.46. The summed E-state index contributed by atoms with van der Waals surface area (Å²) in [5.41, 5.74) is 1.52. The number of hydrogen-bond acceptors (Lipinski definition) is 4. The number of rotatable bonds is 4. The van der Waals surface area contributed by atoms with Gasteiger partial charge in [0.15, 0.2) is 6.29 Å². The topological polar surface area (TPSA) is 52.1 Å². The van der Waals surface area contributed by atoms with Gasteiger partial charge in [-0.25, -0.2) is 9.97 Å². The summed E-state index contributed by atoms with van der Waals surface area (Å²) < 4.78 is 5.56. The average Bonchev–Trinajstić information content (AvgIpc) is 2.40. The van der Waals surface area contributed by atoms with Crippen molar-refractivity contribution in [3.8, 4) is 11.8 Å². The fraction of sp³-hybridized carbons (Fsp3) is 0.154. The van der Waals surface area contributed by atoms with Gasteiger partial charge in [0.2, 0.25) is 0 Å². The van der Waals surface area contributed by atoms with Crippen LogP contribution in [-0.2, 0) is 6.42 Å². The number of carbonyl (C=O) groups excluding carboxylic acids is 1. The number of benzene rings is 1. The normalized spacial score (nSPS) is 9.94. The molecule has 2 rings (SSSR count). The van der Waals surface area contributed by atoms with E-state index in [9.17, 15) is 4.79 Å². The first-order valence-corrected chi connectivity index (χ1v) is 5.36. The molecule has 86 valence electrons. The van der Waals surface area contributed by atoms with Gasteiger partial charge in [0.25, 0.3) is 0 Å². The van der Waals surface area contributed by atoms with Crippen molar-refractivity contribution in [2.24, 2.45) is 0 Å². The van der Waals surface area contributed by atoms with Crippen LogP contribution in [0.3, 0.4) is 0 Å². The fourth-order valence-corrected chi connectivity index (χ4v) is 1.43. The second-order valence-corrected chi connectivity index (χ2v) is 3.48.